The third-order valence-corrected chi connectivity index (χ3v) is 3.96. The van der Waals surface area contributed by atoms with Crippen molar-refractivity contribution in [1.29, 1.82) is 0 Å². The second-order valence-electron chi connectivity index (χ2n) is 5.06. The van der Waals surface area contributed by atoms with Crippen LogP contribution in [0.25, 0.3) is 0 Å². The van der Waals surface area contributed by atoms with Crippen LogP contribution < -0.4 is 0 Å². The summed E-state index contributed by atoms with van der Waals surface area (Å²) in [7, 11) is 1.32. The first-order chi connectivity index (χ1) is 9.74. The van der Waals surface area contributed by atoms with Gasteiger partial charge in [0.05, 0.1) is 13.7 Å². The van der Waals surface area contributed by atoms with Crippen molar-refractivity contribution in [1.82, 2.24) is 0 Å². The SMILES string of the molecule is COC(=O)[C@H]1C(=O)C2=C(CCCO2)[C@H]1c1ccccc1. The Labute approximate surface area is 117 Å². The Morgan fingerprint density at radius 1 is 1.30 bits per heavy atom. The molecule has 0 fully saturated rings. The number of methoxy groups -OCH3 is 1. The van der Waals surface area contributed by atoms with Gasteiger partial charge in [-0.1, -0.05) is 30.3 Å². The van der Waals surface area contributed by atoms with Crippen molar-refractivity contribution < 1.29 is 19.1 Å². The second-order valence-corrected chi connectivity index (χ2v) is 5.06. The van der Waals surface area contributed by atoms with Crippen LogP contribution in [0.1, 0.15) is 24.3 Å². The molecular formula is C16H16O4. The van der Waals surface area contributed by atoms with Gasteiger partial charge < -0.3 is 9.47 Å². The summed E-state index contributed by atoms with van der Waals surface area (Å²) in [4.78, 5) is 24.5. The van der Waals surface area contributed by atoms with Gasteiger partial charge in [0.25, 0.3) is 0 Å². The van der Waals surface area contributed by atoms with Gasteiger partial charge >= 0.3 is 5.97 Å². The highest BCUT2D eigenvalue weighted by Gasteiger charge is 2.49. The molecule has 2 atom stereocenters. The lowest BCUT2D eigenvalue weighted by Crippen LogP contribution is -2.27. The number of ketones is 1. The topological polar surface area (TPSA) is 52.6 Å². The number of carbonyl (C=O) groups excluding carboxylic acids is 2. The molecular weight excluding hydrogens is 256 g/mol. The van der Waals surface area contributed by atoms with E-state index in [2.05, 4.69) is 0 Å². The van der Waals surface area contributed by atoms with Gasteiger partial charge in [-0.3, -0.25) is 9.59 Å². The number of rotatable bonds is 2. The quantitative estimate of drug-likeness (QED) is 0.612. The molecule has 3 rings (SSSR count). The van der Waals surface area contributed by atoms with Crippen LogP contribution >= 0.6 is 0 Å². The lowest BCUT2D eigenvalue weighted by molar-refractivity contribution is -0.149. The molecule has 4 heteroatoms. The van der Waals surface area contributed by atoms with E-state index >= 15 is 0 Å². The first-order valence-corrected chi connectivity index (χ1v) is 6.77. The molecule has 2 aliphatic rings. The first-order valence-electron chi connectivity index (χ1n) is 6.77. The number of ether oxygens (including phenoxy) is 2. The molecule has 104 valence electrons. The third kappa shape index (κ3) is 1.92. The van der Waals surface area contributed by atoms with Crippen LogP contribution in [0.4, 0.5) is 0 Å². The van der Waals surface area contributed by atoms with Crippen LogP contribution in [0.5, 0.6) is 0 Å². The Bertz CT molecular complexity index is 573. The summed E-state index contributed by atoms with van der Waals surface area (Å²) in [6, 6.07) is 9.63. The molecule has 0 amide bonds. The van der Waals surface area contributed by atoms with E-state index in [9.17, 15) is 9.59 Å². The summed E-state index contributed by atoms with van der Waals surface area (Å²) in [6.45, 7) is 0.542. The van der Waals surface area contributed by atoms with Gasteiger partial charge in [0.2, 0.25) is 5.78 Å². The van der Waals surface area contributed by atoms with Gasteiger partial charge in [-0.05, 0) is 24.0 Å². The average Bonchev–Trinajstić information content (AvgIpc) is 2.81. The van der Waals surface area contributed by atoms with E-state index in [1.807, 2.05) is 30.3 Å². The van der Waals surface area contributed by atoms with E-state index in [0.717, 1.165) is 24.0 Å². The minimum Gasteiger partial charge on any atom is -0.490 e. The number of Topliss-reactive ketones (excluding diaryl/α,β-unsaturated/α-hetero) is 1. The smallest absolute Gasteiger partial charge is 0.317 e. The molecule has 1 heterocycles. The maximum Gasteiger partial charge on any atom is 0.317 e. The summed E-state index contributed by atoms with van der Waals surface area (Å²) in [5.41, 5.74) is 1.91. The van der Waals surface area contributed by atoms with E-state index in [1.54, 1.807) is 0 Å². The maximum absolute atomic E-state index is 12.4. The lowest BCUT2D eigenvalue weighted by Gasteiger charge is -2.21. The van der Waals surface area contributed by atoms with Crippen molar-refractivity contribution in [2.24, 2.45) is 5.92 Å². The van der Waals surface area contributed by atoms with Crippen LogP contribution in [0, 0.1) is 5.92 Å². The molecule has 4 nitrogen and oxygen atoms in total. The standard InChI is InChI=1S/C16H16O4/c1-19-16(18)13-12(10-6-3-2-4-7-10)11-8-5-9-20-15(11)14(13)17/h2-4,6-7,12-13H,5,8-9H2,1H3/t12-,13-/m1/s1. The molecule has 20 heavy (non-hydrogen) atoms. The van der Waals surface area contributed by atoms with Gasteiger partial charge in [-0.2, -0.15) is 0 Å². The zero-order valence-corrected chi connectivity index (χ0v) is 11.3. The Kier molecular flexibility index (Phi) is 3.30. The van der Waals surface area contributed by atoms with Crippen molar-refractivity contribution in [3.63, 3.8) is 0 Å². The zero-order chi connectivity index (χ0) is 14.1. The minimum absolute atomic E-state index is 0.236. The predicted octanol–water partition coefficient (Wildman–Crippen LogP) is 2.21. The van der Waals surface area contributed by atoms with E-state index in [0.29, 0.717) is 12.4 Å². The van der Waals surface area contributed by atoms with E-state index in [1.165, 1.54) is 7.11 Å². The fourth-order valence-corrected chi connectivity index (χ4v) is 3.09. The minimum atomic E-state index is -0.800. The molecule has 1 aromatic carbocycles. The monoisotopic (exact) mass is 272 g/mol. The summed E-state index contributed by atoms with van der Waals surface area (Å²) in [5, 5.41) is 0. The molecule has 1 aromatic rings. The fourth-order valence-electron chi connectivity index (χ4n) is 3.09. The highest BCUT2D eigenvalue weighted by molar-refractivity contribution is 6.11. The zero-order valence-electron chi connectivity index (χ0n) is 11.3. The van der Waals surface area contributed by atoms with E-state index in [-0.39, 0.29) is 11.7 Å². The largest absolute Gasteiger partial charge is 0.490 e. The van der Waals surface area contributed by atoms with Gasteiger partial charge in [-0.15, -0.1) is 0 Å². The molecule has 0 unspecified atom stereocenters. The number of carbonyl (C=O) groups is 2. The van der Waals surface area contributed by atoms with Crippen LogP contribution in [0.2, 0.25) is 0 Å². The lowest BCUT2D eigenvalue weighted by atomic mass is 9.83. The molecule has 0 N–H and O–H groups in total. The number of hydrogen-bond acceptors (Lipinski definition) is 4. The van der Waals surface area contributed by atoms with Crippen LogP contribution in [-0.4, -0.2) is 25.5 Å². The van der Waals surface area contributed by atoms with Crippen molar-refractivity contribution >= 4 is 11.8 Å². The molecule has 0 spiro atoms. The summed E-state index contributed by atoms with van der Waals surface area (Å²) in [5.74, 6) is -1.38. The number of hydrogen-bond donors (Lipinski definition) is 0. The molecule has 0 aromatic heterocycles. The third-order valence-electron chi connectivity index (χ3n) is 3.96. The highest BCUT2D eigenvalue weighted by atomic mass is 16.5. The predicted molar refractivity (Wildman–Crippen MR) is 71.9 cm³/mol. The fraction of sp³-hybridized carbons (Fsp3) is 0.375. The summed E-state index contributed by atoms with van der Waals surface area (Å²) in [6.07, 6.45) is 1.68. The Morgan fingerprint density at radius 2 is 2.05 bits per heavy atom. The van der Waals surface area contributed by atoms with Gasteiger partial charge in [0.15, 0.2) is 5.76 Å². The van der Waals surface area contributed by atoms with Crippen molar-refractivity contribution in [2.75, 3.05) is 13.7 Å². The maximum atomic E-state index is 12.4. The van der Waals surface area contributed by atoms with Gasteiger partial charge in [0.1, 0.15) is 5.92 Å². The summed E-state index contributed by atoms with van der Waals surface area (Å²) >= 11 is 0. The average molecular weight is 272 g/mol. The molecule has 0 radical (unpaired) electrons. The van der Waals surface area contributed by atoms with Crippen LogP contribution in [-0.2, 0) is 19.1 Å². The molecule has 1 aliphatic carbocycles. The molecule has 0 bridgehead atoms. The molecule has 1 aliphatic heterocycles. The Balaban J connectivity index is 2.08. The number of esters is 1. The van der Waals surface area contributed by atoms with Crippen molar-refractivity contribution in [3.8, 4) is 0 Å². The summed E-state index contributed by atoms with van der Waals surface area (Å²) < 4.78 is 10.3. The first kappa shape index (κ1) is 12.9. The molecule has 0 saturated carbocycles. The number of allylic oxidation sites excluding steroid dienone is 2. The van der Waals surface area contributed by atoms with Crippen LogP contribution in [0.3, 0.4) is 0 Å². The van der Waals surface area contributed by atoms with Crippen LogP contribution in [0.15, 0.2) is 41.7 Å². The second kappa shape index (κ2) is 5.12. The number of benzene rings is 1. The molecule has 0 saturated heterocycles. The highest BCUT2D eigenvalue weighted by Crippen LogP contribution is 2.46. The Hall–Kier alpha value is -2.10. The van der Waals surface area contributed by atoms with Gasteiger partial charge in [0, 0.05) is 5.92 Å². The Morgan fingerprint density at radius 3 is 2.75 bits per heavy atom. The van der Waals surface area contributed by atoms with Crippen molar-refractivity contribution in [2.45, 2.75) is 18.8 Å². The van der Waals surface area contributed by atoms with E-state index < -0.39 is 11.9 Å². The van der Waals surface area contributed by atoms with Crippen molar-refractivity contribution in [3.05, 3.63) is 47.2 Å². The van der Waals surface area contributed by atoms with Gasteiger partial charge in [-0.25, -0.2) is 0 Å². The normalized spacial score (nSPS) is 25.1. The van der Waals surface area contributed by atoms with E-state index in [4.69, 9.17) is 9.47 Å².